The van der Waals surface area contributed by atoms with Gasteiger partial charge in [0.1, 0.15) is 17.7 Å². The molecule has 8 nitrogen and oxygen atoms in total. The van der Waals surface area contributed by atoms with Crippen molar-refractivity contribution in [2.24, 2.45) is 10.7 Å². The van der Waals surface area contributed by atoms with Gasteiger partial charge in [0.2, 0.25) is 0 Å². The van der Waals surface area contributed by atoms with Crippen molar-refractivity contribution in [2.45, 2.75) is 63.1 Å². The third-order valence-corrected chi connectivity index (χ3v) is 9.58. The first kappa shape index (κ1) is 34.6. The summed E-state index contributed by atoms with van der Waals surface area (Å²) in [6, 6.07) is 41.3. The second kappa shape index (κ2) is 16.4. The lowest BCUT2D eigenvalue weighted by Crippen LogP contribution is -2.52. The molecule has 0 aromatic heterocycles. The largest absolute Gasteiger partial charge is 1.00 e. The van der Waals surface area contributed by atoms with Crippen LogP contribution >= 0.6 is 0 Å². The first-order valence-corrected chi connectivity index (χ1v) is 16.5. The molecule has 4 aromatic carbocycles. The molecule has 4 N–H and O–H groups in total. The van der Waals surface area contributed by atoms with Gasteiger partial charge >= 0.3 is 1.43 Å². The Balaban J connectivity index is 0.000000246. The molecule has 47 heavy (non-hydrogen) atoms. The van der Waals surface area contributed by atoms with E-state index in [1.807, 2.05) is 74.5 Å². The van der Waals surface area contributed by atoms with E-state index in [1.165, 1.54) is 11.1 Å². The van der Waals surface area contributed by atoms with E-state index in [-0.39, 0.29) is 7.53 Å². The number of likely N-dealkylation sites (tertiary alicyclic amines) is 2. The molecule has 248 valence electrons. The highest BCUT2D eigenvalue weighted by molar-refractivity contribution is 6.13. The van der Waals surface area contributed by atoms with E-state index in [0.29, 0.717) is 0 Å². The summed E-state index contributed by atoms with van der Waals surface area (Å²) in [4.78, 5) is 19.2. The molecule has 4 atom stereocenters. The van der Waals surface area contributed by atoms with Gasteiger partial charge in [-0.1, -0.05) is 121 Å². The third kappa shape index (κ3) is 9.00. The van der Waals surface area contributed by atoms with Crippen LogP contribution in [0.2, 0.25) is 0 Å². The van der Waals surface area contributed by atoms with Gasteiger partial charge in [-0.2, -0.15) is 0 Å². The molecule has 8 heteroatoms. The van der Waals surface area contributed by atoms with Crippen molar-refractivity contribution in [1.29, 1.82) is 0 Å². The lowest BCUT2D eigenvalue weighted by atomic mass is 9.91. The van der Waals surface area contributed by atoms with E-state index >= 15 is 0 Å². The maximum absolute atomic E-state index is 9.60. The smallest absolute Gasteiger partial charge is 0.322 e. The molecular formula is C39H49N4O4+. The Kier molecular flexibility index (Phi) is 12.1. The van der Waals surface area contributed by atoms with Crippen LogP contribution in [0.25, 0.3) is 0 Å². The fourth-order valence-corrected chi connectivity index (χ4v) is 6.55. The quantitative estimate of drug-likeness (QED) is 0.0964. The first-order valence-electron chi connectivity index (χ1n) is 16.5. The summed E-state index contributed by atoms with van der Waals surface area (Å²) >= 11 is 0. The average Bonchev–Trinajstić information content (AvgIpc) is 3.72. The molecule has 4 unspecified atom stereocenters. The van der Waals surface area contributed by atoms with Crippen LogP contribution in [0.5, 0.6) is 0 Å². The zero-order valence-electron chi connectivity index (χ0n) is 28.5. The van der Waals surface area contributed by atoms with Crippen molar-refractivity contribution in [2.75, 3.05) is 26.2 Å². The molecule has 0 radical (unpaired) electrons. The second-order valence-electron chi connectivity index (χ2n) is 12.9. The molecule has 0 aliphatic carbocycles. The van der Waals surface area contributed by atoms with Crippen LogP contribution in [-0.2, 0) is 22.9 Å². The number of rotatable bonds is 11. The van der Waals surface area contributed by atoms with Gasteiger partial charge in [0, 0.05) is 50.4 Å². The van der Waals surface area contributed by atoms with Gasteiger partial charge in [-0.25, -0.2) is 9.78 Å². The van der Waals surface area contributed by atoms with Crippen LogP contribution in [0.1, 0.15) is 50.4 Å². The Morgan fingerprint density at radius 3 is 1.57 bits per heavy atom. The maximum Gasteiger partial charge on any atom is 1.00 e. The van der Waals surface area contributed by atoms with E-state index in [2.05, 4.69) is 75.4 Å². The molecule has 0 saturated carbocycles. The first-order chi connectivity index (χ1) is 22.8. The number of benzene rings is 4. The zero-order chi connectivity index (χ0) is 33.1. The van der Waals surface area contributed by atoms with Gasteiger partial charge in [-0.3, -0.25) is 25.3 Å². The van der Waals surface area contributed by atoms with Crippen LogP contribution in [0.4, 0.5) is 0 Å². The molecule has 2 aliphatic heterocycles. The van der Waals surface area contributed by atoms with Crippen LogP contribution in [0.3, 0.4) is 0 Å². The molecule has 6 rings (SSSR count). The van der Waals surface area contributed by atoms with Crippen LogP contribution in [0.15, 0.2) is 126 Å². The average molecular weight is 638 g/mol. The molecular weight excluding hydrogens is 588 g/mol. The summed E-state index contributed by atoms with van der Waals surface area (Å²) in [6.45, 7) is 8.81. The molecule has 0 bridgehead atoms. The zero-order valence-corrected chi connectivity index (χ0v) is 27.5. The Labute approximate surface area is 280 Å². The van der Waals surface area contributed by atoms with Gasteiger partial charge in [0.05, 0.1) is 11.3 Å². The van der Waals surface area contributed by atoms with Crippen LogP contribution in [0, 0.1) is 0 Å². The fraction of sp³-hybridized carbons (Fsp3) is 0.359. The summed E-state index contributed by atoms with van der Waals surface area (Å²) in [6.07, 6.45) is 0.927. The Hall–Kier alpha value is -3.73. The van der Waals surface area contributed by atoms with E-state index in [9.17, 15) is 5.26 Å². The SMILES string of the molecule is CC(OO)C1(N)CCN(Cc2ccccc2)C1.CC(OO)C1(N=C(c2ccccc2)c2ccccc2)CCN(Cc2ccccc2)C1.[H+]. The molecule has 0 amide bonds. The van der Waals surface area contributed by atoms with Crippen molar-refractivity contribution < 1.29 is 21.7 Å². The number of hydrogen-bond donors (Lipinski definition) is 3. The minimum absolute atomic E-state index is 0. The van der Waals surface area contributed by atoms with E-state index in [0.717, 1.165) is 68.9 Å². The number of aliphatic imine (C=N–C) groups is 1. The fourth-order valence-electron chi connectivity index (χ4n) is 6.55. The third-order valence-electron chi connectivity index (χ3n) is 9.58. The van der Waals surface area contributed by atoms with Crippen molar-refractivity contribution in [3.8, 4) is 0 Å². The monoisotopic (exact) mass is 637 g/mol. The lowest BCUT2D eigenvalue weighted by molar-refractivity contribution is -0.286. The van der Waals surface area contributed by atoms with Crippen molar-refractivity contribution in [3.05, 3.63) is 144 Å². The van der Waals surface area contributed by atoms with E-state index < -0.39 is 17.2 Å². The summed E-state index contributed by atoms with van der Waals surface area (Å²) < 4.78 is 0. The Bertz CT molecular complexity index is 1490. The van der Waals surface area contributed by atoms with Gasteiger partial charge in [-0.05, 0) is 37.8 Å². The number of hydrogen-bond acceptors (Lipinski definition) is 8. The lowest BCUT2D eigenvalue weighted by Gasteiger charge is -2.31. The highest BCUT2D eigenvalue weighted by atomic mass is 17.1. The van der Waals surface area contributed by atoms with Crippen LogP contribution in [-0.4, -0.2) is 75.5 Å². The number of nitrogens with two attached hydrogens (primary N) is 1. The predicted molar refractivity (Wildman–Crippen MR) is 188 cm³/mol. The maximum atomic E-state index is 9.60. The summed E-state index contributed by atoms with van der Waals surface area (Å²) in [7, 11) is 0. The summed E-state index contributed by atoms with van der Waals surface area (Å²) in [5.74, 6) is 0. The Morgan fingerprint density at radius 1 is 0.681 bits per heavy atom. The van der Waals surface area contributed by atoms with Gasteiger partial charge in [0.15, 0.2) is 0 Å². The van der Waals surface area contributed by atoms with Crippen molar-refractivity contribution in [3.63, 3.8) is 0 Å². The van der Waals surface area contributed by atoms with Crippen molar-refractivity contribution >= 4 is 5.71 Å². The predicted octanol–water partition coefficient (Wildman–Crippen LogP) is 6.63. The minimum atomic E-state index is -0.523. The molecule has 2 fully saturated rings. The minimum Gasteiger partial charge on any atom is -0.322 e. The summed E-state index contributed by atoms with van der Waals surface area (Å²) in [5, 5.41) is 18.3. The molecule has 2 saturated heterocycles. The molecule has 2 aliphatic rings. The highest BCUT2D eigenvalue weighted by Gasteiger charge is 2.44. The van der Waals surface area contributed by atoms with Crippen LogP contribution < -0.4 is 5.73 Å². The van der Waals surface area contributed by atoms with Gasteiger partial charge < -0.3 is 5.73 Å². The second-order valence-corrected chi connectivity index (χ2v) is 12.9. The number of nitrogens with zero attached hydrogens (tertiary/aromatic N) is 3. The van der Waals surface area contributed by atoms with Gasteiger partial charge in [0.25, 0.3) is 0 Å². The molecule has 0 spiro atoms. The Morgan fingerprint density at radius 2 is 1.11 bits per heavy atom. The van der Waals surface area contributed by atoms with E-state index in [1.54, 1.807) is 0 Å². The topological polar surface area (TPSA) is 104 Å². The normalized spacial score (nSPS) is 22.7. The van der Waals surface area contributed by atoms with E-state index in [4.69, 9.17) is 20.9 Å². The highest BCUT2D eigenvalue weighted by Crippen LogP contribution is 2.33. The molecule has 4 aromatic rings. The standard InChI is InChI=1S/C26H28N2O2.C13H20N2O2/c1-21(30-29)26(17-18-28(20-26)19-22-11-5-2-6-12-22)27-25(23-13-7-3-8-14-23)24-15-9-4-10-16-24;1-11(17-16)13(14)7-8-15(10-13)9-12-5-3-2-4-6-12/h2-16,21,29H,17-20H2,1H3;2-6,11,16H,7-10,14H2,1H3/p+1. The summed E-state index contributed by atoms with van der Waals surface area (Å²) in [5.41, 5.74) is 10.9. The molecule has 2 heterocycles. The van der Waals surface area contributed by atoms with Gasteiger partial charge in [-0.15, -0.1) is 0 Å². The van der Waals surface area contributed by atoms with Crippen molar-refractivity contribution in [1.82, 2.24) is 9.80 Å².